The topological polar surface area (TPSA) is 63.6 Å². The average molecular weight is 431 g/mol. The first-order valence-corrected chi connectivity index (χ1v) is 9.85. The number of rotatable bonds is 6. The summed E-state index contributed by atoms with van der Waals surface area (Å²) in [5, 5.41) is 4.91. The van der Waals surface area contributed by atoms with Gasteiger partial charge in [-0.15, -0.1) is 0 Å². The highest BCUT2D eigenvalue weighted by atomic mass is 79.9. The number of furan rings is 1. The molecule has 0 saturated heterocycles. The quantitative estimate of drug-likeness (QED) is 0.535. The molecule has 0 atom stereocenters. The predicted octanol–water partition coefficient (Wildman–Crippen LogP) is 4.60. The van der Waals surface area contributed by atoms with E-state index in [-0.39, 0.29) is 11.5 Å². The third-order valence-corrected chi connectivity index (χ3v) is 4.83. The van der Waals surface area contributed by atoms with Crippen LogP contribution in [0.4, 0.5) is 5.88 Å². The lowest BCUT2D eigenvalue weighted by atomic mass is 10.2. The van der Waals surface area contributed by atoms with Crippen LogP contribution in [0.5, 0.6) is 0 Å². The fourth-order valence-electron chi connectivity index (χ4n) is 2.88. The highest BCUT2D eigenvalue weighted by Crippen LogP contribution is 2.20. The minimum Gasteiger partial charge on any atom is -0.440 e. The molecule has 0 bridgehead atoms. The molecule has 3 aromatic rings. The van der Waals surface area contributed by atoms with Gasteiger partial charge in [0.15, 0.2) is 5.88 Å². The van der Waals surface area contributed by atoms with Gasteiger partial charge in [0.05, 0.1) is 17.1 Å². The fourth-order valence-corrected chi connectivity index (χ4v) is 3.24. The molecule has 0 amide bonds. The zero-order chi connectivity index (χ0) is 19.6. The minimum atomic E-state index is -0.197. The first kappa shape index (κ1) is 19.4. The summed E-state index contributed by atoms with van der Waals surface area (Å²) in [7, 11) is 0. The van der Waals surface area contributed by atoms with Crippen molar-refractivity contribution in [2.45, 2.75) is 33.6 Å². The molecular weight excluding hydrogens is 408 g/mol. The third kappa shape index (κ3) is 3.98. The van der Waals surface area contributed by atoms with Crippen LogP contribution in [0.15, 0.2) is 49.1 Å². The maximum Gasteiger partial charge on any atom is 0.282 e. The summed E-state index contributed by atoms with van der Waals surface area (Å²) in [5.74, 6) is 2.04. The van der Waals surface area contributed by atoms with Gasteiger partial charge in [0.25, 0.3) is 5.56 Å². The van der Waals surface area contributed by atoms with Gasteiger partial charge in [0.1, 0.15) is 11.6 Å². The fraction of sp³-hybridized carbons (Fsp3) is 0.350. The Morgan fingerprint density at radius 3 is 2.67 bits per heavy atom. The first-order valence-electron chi connectivity index (χ1n) is 9.06. The van der Waals surface area contributed by atoms with Crippen molar-refractivity contribution in [1.82, 2.24) is 9.66 Å². The molecule has 7 heteroatoms. The monoisotopic (exact) mass is 430 g/mol. The first-order chi connectivity index (χ1) is 12.9. The molecule has 3 rings (SSSR count). The van der Waals surface area contributed by atoms with E-state index in [0.717, 1.165) is 23.4 Å². The molecule has 0 spiro atoms. The van der Waals surface area contributed by atoms with E-state index >= 15 is 0 Å². The molecule has 0 aliphatic rings. The van der Waals surface area contributed by atoms with Crippen LogP contribution in [-0.4, -0.2) is 29.0 Å². The third-order valence-electron chi connectivity index (χ3n) is 4.34. The van der Waals surface area contributed by atoms with Crippen LogP contribution in [-0.2, 0) is 0 Å². The van der Waals surface area contributed by atoms with E-state index in [4.69, 9.17) is 4.42 Å². The Kier molecular flexibility index (Phi) is 5.79. The van der Waals surface area contributed by atoms with Crippen molar-refractivity contribution in [3.05, 3.63) is 56.7 Å². The number of nitrogens with zero attached hydrogens (tertiary/aromatic N) is 4. The summed E-state index contributed by atoms with van der Waals surface area (Å²) in [4.78, 5) is 19.7. The molecule has 6 nitrogen and oxygen atoms in total. The highest BCUT2D eigenvalue weighted by molar-refractivity contribution is 9.10. The van der Waals surface area contributed by atoms with Gasteiger partial charge in [0.2, 0.25) is 0 Å². The number of aromatic nitrogens is 2. The molecule has 0 radical (unpaired) electrons. The van der Waals surface area contributed by atoms with E-state index in [9.17, 15) is 4.79 Å². The van der Waals surface area contributed by atoms with Gasteiger partial charge in [-0.25, -0.2) is 4.98 Å². The molecule has 0 aliphatic carbocycles. The van der Waals surface area contributed by atoms with Gasteiger partial charge >= 0.3 is 0 Å². The zero-order valence-corrected chi connectivity index (χ0v) is 17.5. The van der Waals surface area contributed by atoms with E-state index in [1.54, 1.807) is 12.3 Å². The number of halogens is 1. The molecule has 1 aromatic carbocycles. The molecule has 142 valence electrons. The van der Waals surface area contributed by atoms with Crippen molar-refractivity contribution in [3.63, 3.8) is 0 Å². The molecule has 0 aliphatic heterocycles. The van der Waals surface area contributed by atoms with Crippen molar-refractivity contribution in [2.24, 2.45) is 5.10 Å². The van der Waals surface area contributed by atoms with Crippen molar-refractivity contribution in [2.75, 3.05) is 18.0 Å². The van der Waals surface area contributed by atoms with Gasteiger partial charge in [-0.3, -0.25) is 4.79 Å². The molecule has 0 unspecified atom stereocenters. The van der Waals surface area contributed by atoms with Crippen LogP contribution in [0, 0.1) is 0 Å². The van der Waals surface area contributed by atoms with Crippen LogP contribution in [0.25, 0.3) is 10.9 Å². The van der Waals surface area contributed by atoms with Crippen LogP contribution in [0.3, 0.4) is 0 Å². The van der Waals surface area contributed by atoms with Crippen molar-refractivity contribution >= 4 is 38.9 Å². The Morgan fingerprint density at radius 1 is 1.26 bits per heavy atom. The number of fused-ring (bicyclic) bond motifs is 1. The summed E-state index contributed by atoms with van der Waals surface area (Å²) < 4.78 is 8.02. The lowest BCUT2D eigenvalue weighted by Gasteiger charge is -2.16. The normalized spacial score (nSPS) is 11.8. The number of benzene rings is 1. The van der Waals surface area contributed by atoms with E-state index in [2.05, 4.69) is 44.8 Å². The van der Waals surface area contributed by atoms with Gasteiger partial charge in [-0.2, -0.15) is 9.78 Å². The van der Waals surface area contributed by atoms with E-state index in [1.165, 1.54) is 4.68 Å². The lowest BCUT2D eigenvalue weighted by molar-refractivity contribution is 0.542. The van der Waals surface area contributed by atoms with E-state index < -0.39 is 0 Å². The Hall–Kier alpha value is -2.41. The van der Waals surface area contributed by atoms with E-state index in [1.807, 2.05) is 38.1 Å². The molecule has 27 heavy (non-hydrogen) atoms. The number of hydrogen-bond acceptors (Lipinski definition) is 5. The van der Waals surface area contributed by atoms with Gasteiger partial charge < -0.3 is 9.32 Å². The zero-order valence-electron chi connectivity index (χ0n) is 15.9. The Bertz CT molecular complexity index is 1030. The Labute approximate surface area is 166 Å². The van der Waals surface area contributed by atoms with E-state index in [0.29, 0.717) is 22.5 Å². The standard InChI is InChI=1S/C20H23BrN4O2/c1-5-24(6-2)18-10-8-15(27-18)12-22-25-19(13(3)4)23-17-9-7-14(21)11-16(17)20(25)26/h7-13H,5-6H2,1-4H3. The second kappa shape index (κ2) is 8.08. The predicted molar refractivity (Wildman–Crippen MR) is 113 cm³/mol. The summed E-state index contributed by atoms with van der Waals surface area (Å²) in [6.07, 6.45) is 1.56. The minimum absolute atomic E-state index is 0.0470. The molecule has 2 aromatic heterocycles. The SMILES string of the molecule is CCN(CC)c1ccc(C=Nn2c(C(C)C)nc3ccc(Br)cc3c2=O)o1. The second-order valence-electron chi connectivity index (χ2n) is 6.50. The molecular formula is C20H23BrN4O2. The van der Waals surface area contributed by atoms with Crippen LogP contribution in [0.2, 0.25) is 0 Å². The average Bonchev–Trinajstić information content (AvgIpc) is 3.11. The Balaban J connectivity index is 2.05. The van der Waals surface area contributed by atoms with Gasteiger partial charge in [0, 0.05) is 29.5 Å². The van der Waals surface area contributed by atoms with Crippen molar-refractivity contribution in [3.8, 4) is 0 Å². The van der Waals surface area contributed by atoms with Crippen molar-refractivity contribution < 1.29 is 4.42 Å². The molecule has 0 N–H and O–H groups in total. The maximum absolute atomic E-state index is 13.0. The summed E-state index contributed by atoms with van der Waals surface area (Å²) in [5.41, 5.74) is 0.469. The Morgan fingerprint density at radius 2 is 2.00 bits per heavy atom. The van der Waals surface area contributed by atoms with Crippen molar-refractivity contribution in [1.29, 1.82) is 0 Å². The molecule has 2 heterocycles. The van der Waals surface area contributed by atoms with Gasteiger partial charge in [-0.1, -0.05) is 29.8 Å². The highest BCUT2D eigenvalue weighted by Gasteiger charge is 2.14. The molecule has 0 saturated carbocycles. The number of anilines is 1. The summed E-state index contributed by atoms with van der Waals surface area (Å²) >= 11 is 3.41. The molecule has 0 fully saturated rings. The largest absolute Gasteiger partial charge is 0.440 e. The van der Waals surface area contributed by atoms with Crippen LogP contribution in [0.1, 0.15) is 45.2 Å². The lowest BCUT2D eigenvalue weighted by Crippen LogP contribution is -2.23. The van der Waals surface area contributed by atoms with Crippen LogP contribution < -0.4 is 10.5 Å². The van der Waals surface area contributed by atoms with Gasteiger partial charge in [-0.05, 0) is 38.1 Å². The summed E-state index contributed by atoms with van der Waals surface area (Å²) in [6.45, 7) is 9.86. The summed E-state index contributed by atoms with van der Waals surface area (Å²) in [6, 6.07) is 9.25. The number of hydrogen-bond donors (Lipinski definition) is 0. The maximum atomic E-state index is 13.0. The smallest absolute Gasteiger partial charge is 0.282 e. The van der Waals surface area contributed by atoms with Crippen LogP contribution >= 0.6 is 15.9 Å². The second-order valence-corrected chi connectivity index (χ2v) is 7.41.